The van der Waals surface area contributed by atoms with Crippen molar-refractivity contribution in [2.45, 2.75) is 39.0 Å². The minimum Gasteiger partial charge on any atom is -0.342 e. The summed E-state index contributed by atoms with van der Waals surface area (Å²) in [6, 6.07) is 0. The Labute approximate surface area is 92.0 Å². The predicted octanol–water partition coefficient (Wildman–Crippen LogP) is 1.37. The molecule has 1 saturated carbocycles. The van der Waals surface area contributed by atoms with Gasteiger partial charge in [0.1, 0.15) is 0 Å². The molecule has 1 saturated heterocycles. The molecule has 2 fully saturated rings. The minimum absolute atomic E-state index is 0.318. The van der Waals surface area contributed by atoms with Crippen LogP contribution < -0.4 is 5.73 Å². The summed E-state index contributed by atoms with van der Waals surface area (Å²) in [6.07, 6.45) is 5.90. The van der Waals surface area contributed by atoms with Gasteiger partial charge in [-0.05, 0) is 30.7 Å². The highest BCUT2D eigenvalue weighted by Crippen LogP contribution is 2.39. The molecule has 1 aliphatic heterocycles. The lowest BCUT2D eigenvalue weighted by Gasteiger charge is -2.29. The van der Waals surface area contributed by atoms with Crippen molar-refractivity contribution < 1.29 is 4.79 Å². The third-order valence-electron chi connectivity index (χ3n) is 4.01. The second-order valence-corrected chi connectivity index (χ2v) is 5.60. The number of nitrogens with two attached hydrogens (primary N) is 1. The van der Waals surface area contributed by atoms with Crippen LogP contribution in [0.4, 0.5) is 0 Å². The number of hydrogen-bond acceptors (Lipinski definition) is 2. The van der Waals surface area contributed by atoms with Crippen molar-refractivity contribution in [1.29, 1.82) is 0 Å². The van der Waals surface area contributed by atoms with Crippen molar-refractivity contribution in [2.75, 3.05) is 19.6 Å². The zero-order valence-electron chi connectivity index (χ0n) is 9.67. The summed E-state index contributed by atoms with van der Waals surface area (Å²) in [4.78, 5) is 13.8. The summed E-state index contributed by atoms with van der Waals surface area (Å²) in [5.74, 6) is 0.723. The second kappa shape index (κ2) is 4.12. The number of hydrogen-bond donors (Lipinski definition) is 1. The first-order valence-electron chi connectivity index (χ1n) is 6.11. The molecule has 15 heavy (non-hydrogen) atoms. The van der Waals surface area contributed by atoms with E-state index >= 15 is 0 Å². The third kappa shape index (κ3) is 2.33. The quantitative estimate of drug-likeness (QED) is 0.765. The van der Waals surface area contributed by atoms with Gasteiger partial charge in [-0.1, -0.05) is 19.8 Å². The average molecular weight is 210 g/mol. The van der Waals surface area contributed by atoms with E-state index in [-0.39, 0.29) is 0 Å². The molecule has 3 heteroatoms. The fourth-order valence-corrected chi connectivity index (χ4v) is 3.01. The van der Waals surface area contributed by atoms with Crippen molar-refractivity contribution in [1.82, 2.24) is 4.90 Å². The van der Waals surface area contributed by atoms with Gasteiger partial charge >= 0.3 is 0 Å². The van der Waals surface area contributed by atoms with Crippen LogP contribution in [0.5, 0.6) is 0 Å². The first kappa shape index (κ1) is 10.9. The van der Waals surface area contributed by atoms with Crippen LogP contribution in [0.3, 0.4) is 0 Å². The Hall–Kier alpha value is -0.570. The molecule has 0 aromatic rings. The van der Waals surface area contributed by atoms with Gasteiger partial charge in [-0.3, -0.25) is 4.79 Å². The Morgan fingerprint density at radius 3 is 2.67 bits per heavy atom. The summed E-state index contributed by atoms with van der Waals surface area (Å²) < 4.78 is 0. The lowest BCUT2D eigenvalue weighted by Crippen LogP contribution is -2.36. The molecular formula is C12H22N2O. The highest BCUT2D eigenvalue weighted by molar-refractivity contribution is 5.78. The Kier molecular flexibility index (Phi) is 3.01. The highest BCUT2D eigenvalue weighted by Gasteiger charge is 2.36. The van der Waals surface area contributed by atoms with Crippen molar-refractivity contribution in [3.8, 4) is 0 Å². The van der Waals surface area contributed by atoms with E-state index in [1.165, 1.54) is 25.7 Å². The normalized spacial score (nSPS) is 30.1. The van der Waals surface area contributed by atoms with Crippen molar-refractivity contribution >= 4 is 5.91 Å². The summed E-state index contributed by atoms with van der Waals surface area (Å²) in [5.41, 5.74) is 6.01. The standard InChI is InChI=1S/C12H22N2O/c1-12(4-2-3-5-12)9-14-8-10(7-13)6-11(14)15/h10H,2-9,13H2,1H3. The Morgan fingerprint density at radius 1 is 1.47 bits per heavy atom. The largest absolute Gasteiger partial charge is 0.342 e. The van der Waals surface area contributed by atoms with Crippen molar-refractivity contribution in [3.63, 3.8) is 0 Å². The van der Waals surface area contributed by atoms with Crippen LogP contribution in [-0.2, 0) is 4.79 Å². The summed E-state index contributed by atoms with van der Waals surface area (Å²) in [5, 5.41) is 0. The first-order chi connectivity index (χ1) is 7.13. The molecule has 1 atom stereocenters. The van der Waals surface area contributed by atoms with Crippen LogP contribution in [-0.4, -0.2) is 30.4 Å². The van der Waals surface area contributed by atoms with Gasteiger partial charge in [0.15, 0.2) is 0 Å². The molecule has 0 bridgehead atoms. The zero-order valence-corrected chi connectivity index (χ0v) is 9.67. The molecule has 3 nitrogen and oxygen atoms in total. The summed E-state index contributed by atoms with van der Waals surface area (Å²) in [7, 11) is 0. The van der Waals surface area contributed by atoms with Gasteiger partial charge in [-0.15, -0.1) is 0 Å². The third-order valence-corrected chi connectivity index (χ3v) is 4.01. The molecule has 2 aliphatic rings. The molecule has 2 rings (SSSR count). The molecule has 1 aliphatic carbocycles. The topological polar surface area (TPSA) is 46.3 Å². The van der Waals surface area contributed by atoms with E-state index in [2.05, 4.69) is 6.92 Å². The molecule has 0 aromatic carbocycles. The number of likely N-dealkylation sites (tertiary alicyclic amines) is 1. The van der Waals surface area contributed by atoms with E-state index < -0.39 is 0 Å². The van der Waals surface area contributed by atoms with Crippen LogP contribution in [0.15, 0.2) is 0 Å². The molecule has 2 N–H and O–H groups in total. The summed E-state index contributed by atoms with van der Waals surface area (Å²) in [6.45, 7) is 4.83. The molecule has 1 unspecified atom stereocenters. The van der Waals surface area contributed by atoms with Gasteiger partial charge in [-0.2, -0.15) is 0 Å². The van der Waals surface area contributed by atoms with Gasteiger partial charge < -0.3 is 10.6 Å². The van der Waals surface area contributed by atoms with E-state index in [0.29, 0.717) is 30.2 Å². The van der Waals surface area contributed by atoms with Crippen LogP contribution in [0, 0.1) is 11.3 Å². The summed E-state index contributed by atoms with van der Waals surface area (Å²) >= 11 is 0. The Balaban J connectivity index is 1.92. The van der Waals surface area contributed by atoms with Crippen LogP contribution in [0.25, 0.3) is 0 Å². The van der Waals surface area contributed by atoms with E-state index in [1.807, 2.05) is 4.90 Å². The molecule has 0 spiro atoms. The van der Waals surface area contributed by atoms with Crippen LogP contribution in [0.1, 0.15) is 39.0 Å². The maximum absolute atomic E-state index is 11.7. The maximum Gasteiger partial charge on any atom is 0.222 e. The fourth-order valence-electron chi connectivity index (χ4n) is 3.01. The molecular weight excluding hydrogens is 188 g/mol. The van der Waals surface area contributed by atoms with Gasteiger partial charge in [0.05, 0.1) is 0 Å². The lowest BCUT2D eigenvalue weighted by atomic mass is 9.88. The first-order valence-corrected chi connectivity index (χ1v) is 6.11. The number of carbonyl (C=O) groups is 1. The second-order valence-electron chi connectivity index (χ2n) is 5.60. The predicted molar refractivity (Wildman–Crippen MR) is 60.3 cm³/mol. The van der Waals surface area contributed by atoms with E-state index in [0.717, 1.165) is 13.1 Å². The number of carbonyl (C=O) groups excluding carboxylic acids is 1. The smallest absolute Gasteiger partial charge is 0.222 e. The van der Waals surface area contributed by atoms with E-state index in [4.69, 9.17) is 5.73 Å². The highest BCUT2D eigenvalue weighted by atomic mass is 16.2. The van der Waals surface area contributed by atoms with E-state index in [9.17, 15) is 4.79 Å². The van der Waals surface area contributed by atoms with Gasteiger partial charge in [0.2, 0.25) is 5.91 Å². The number of nitrogens with zero attached hydrogens (tertiary/aromatic N) is 1. The van der Waals surface area contributed by atoms with Gasteiger partial charge in [-0.25, -0.2) is 0 Å². The van der Waals surface area contributed by atoms with Gasteiger partial charge in [0.25, 0.3) is 0 Å². The zero-order chi connectivity index (χ0) is 10.9. The van der Waals surface area contributed by atoms with Crippen LogP contribution >= 0.6 is 0 Å². The van der Waals surface area contributed by atoms with Crippen molar-refractivity contribution in [3.05, 3.63) is 0 Å². The molecule has 86 valence electrons. The Bertz CT molecular complexity index is 246. The minimum atomic E-state index is 0.318. The molecule has 1 amide bonds. The SMILES string of the molecule is CC1(CN2CC(CN)CC2=O)CCCC1. The molecule has 1 heterocycles. The number of amides is 1. The van der Waals surface area contributed by atoms with Crippen molar-refractivity contribution in [2.24, 2.45) is 17.1 Å². The van der Waals surface area contributed by atoms with E-state index in [1.54, 1.807) is 0 Å². The average Bonchev–Trinajstić information content (AvgIpc) is 2.75. The number of rotatable bonds is 3. The molecule has 0 aromatic heterocycles. The maximum atomic E-state index is 11.7. The lowest BCUT2D eigenvalue weighted by molar-refractivity contribution is -0.129. The fraction of sp³-hybridized carbons (Fsp3) is 0.917. The molecule has 0 radical (unpaired) electrons. The van der Waals surface area contributed by atoms with Crippen LogP contribution in [0.2, 0.25) is 0 Å². The Morgan fingerprint density at radius 2 is 2.13 bits per heavy atom. The monoisotopic (exact) mass is 210 g/mol. The van der Waals surface area contributed by atoms with Gasteiger partial charge in [0, 0.05) is 19.5 Å².